The number of amides is 1. The molecule has 1 fully saturated rings. The van der Waals surface area contributed by atoms with Crippen molar-refractivity contribution in [2.45, 2.75) is 110 Å². The predicted octanol–water partition coefficient (Wildman–Crippen LogP) is 6.12. The lowest BCUT2D eigenvalue weighted by Crippen LogP contribution is -2.54. The molecule has 0 heterocycles. The Labute approximate surface area is 286 Å². The van der Waals surface area contributed by atoms with Crippen LogP contribution in [-0.2, 0) is 22.7 Å². The van der Waals surface area contributed by atoms with E-state index in [-0.39, 0.29) is 61.2 Å². The second kappa shape index (κ2) is 30.2. The van der Waals surface area contributed by atoms with E-state index in [1.54, 1.807) is 0 Å². The Morgan fingerprint density at radius 3 is 1.54 bits per heavy atom. The third-order valence-corrected chi connectivity index (χ3v) is 11.8. The molecule has 1 saturated carbocycles. The molecule has 0 spiro atoms. The molecule has 46 heavy (non-hydrogen) atoms. The molecule has 0 radical (unpaired) electrons. The van der Waals surface area contributed by atoms with E-state index >= 15 is 0 Å². The molecule has 1 rings (SSSR count). The van der Waals surface area contributed by atoms with Gasteiger partial charge in [0.05, 0.1) is 13.2 Å². The van der Waals surface area contributed by atoms with Crippen molar-refractivity contribution in [1.29, 1.82) is 0 Å². The lowest BCUT2D eigenvalue weighted by molar-refractivity contribution is -0.323. The highest BCUT2D eigenvalue weighted by Gasteiger charge is 2.43. The average molecular weight is 776 g/mol. The van der Waals surface area contributed by atoms with Crippen LogP contribution in [0.1, 0.15) is 105 Å². The Hall–Kier alpha value is 0.300. The number of carbonyl (C=O) groups is 1. The molecule has 286 valence electrons. The Morgan fingerprint density at radius 2 is 1.24 bits per heavy atom. The predicted molar refractivity (Wildman–Crippen MR) is 186 cm³/mol. The maximum atomic E-state index is 12.0. The van der Waals surface area contributed by atoms with Crippen LogP contribution in [0.25, 0.3) is 0 Å². The summed E-state index contributed by atoms with van der Waals surface area (Å²) in [6, 6.07) is 0. The number of alkyl halides is 2. The van der Waals surface area contributed by atoms with Gasteiger partial charge in [-0.15, -0.1) is 23.2 Å². The number of carbonyl (C=O) groups excluding carboxylic acids is 1. The van der Waals surface area contributed by atoms with Crippen LogP contribution in [0, 0.1) is 5.41 Å². The van der Waals surface area contributed by atoms with Gasteiger partial charge in [0.15, 0.2) is 0 Å². The smallest absolute Gasteiger partial charge is 0.288 e. The SMILES string of the molecule is CCCCNC1(P(=O)([O-])[O-])CCC(CCCC)(CCCC)CC1.CCOP(=O)([O-])C(N)=O.O=P([O-])(CCCl)OCCCl.[NH4+].[NH4+].[NH4+].[NH4+]. The van der Waals surface area contributed by atoms with Crippen LogP contribution in [-0.4, -0.2) is 48.6 Å². The van der Waals surface area contributed by atoms with E-state index in [9.17, 15) is 38.1 Å². The summed E-state index contributed by atoms with van der Waals surface area (Å²) in [6.45, 7) is 8.52. The van der Waals surface area contributed by atoms with Gasteiger partial charge in [0, 0.05) is 23.2 Å². The van der Waals surface area contributed by atoms with Crippen molar-refractivity contribution in [3.63, 3.8) is 0 Å². The second-order valence-electron chi connectivity index (χ2n) is 10.3. The van der Waals surface area contributed by atoms with Crippen LogP contribution >= 0.6 is 46.0 Å². The van der Waals surface area contributed by atoms with Crippen LogP contribution in [0.4, 0.5) is 4.79 Å². The van der Waals surface area contributed by atoms with E-state index < -0.39 is 33.7 Å². The minimum atomic E-state index is -4.63. The summed E-state index contributed by atoms with van der Waals surface area (Å²) >= 11 is 10.4. The van der Waals surface area contributed by atoms with Crippen molar-refractivity contribution in [1.82, 2.24) is 29.9 Å². The number of unbranched alkanes of at least 4 members (excludes halogenated alkanes) is 3. The molecule has 1 aliphatic rings. The van der Waals surface area contributed by atoms with E-state index in [2.05, 4.69) is 40.9 Å². The third-order valence-electron chi connectivity index (χ3n) is 7.06. The van der Waals surface area contributed by atoms with E-state index in [1.807, 2.05) is 0 Å². The van der Waals surface area contributed by atoms with Crippen LogP contribution < -0.4 is 55.2 Å². The van der Waals surface area contributed by atoms with Crippen LogP contribution in [0.2, 0.25) is 0 Å². The van der Waals surface area contributed by atoms with Crippen molar-refractivity contribution in [3.8, 4) is 0 Å². The zero-order valence-corrected chi connectivity index (χ0v) is 33.7. The number of hydrogen-bond donors (Lipinski definition) is 6. The highest BCUT2D eigenvalue weighted by molar-refractivity contribution is 7.69. The maximum absolute atomic E-state index is 12.0. The number of hydrogen-bond acceptors (Lipinski definition) is 11. The monoisotopic (exact) mass is 774 g/mol. The molecule has 2 atom stereocenters. The van der Waals surface area contributed by atoms with Crippen molar-refractivity contribution in [3.05, 3.63) is 0 Å². The molecular weight excluding hydrogens is 708 g/mol. The summed E-state index contributed by atoms with van der Waals surface area (Å²) in [5.74, 6) is 0.234. The molecule has 0 bridgehead atoms. The minimum absolute atomic E-state index is 0. The fourth-order valence-electron chi connectivity index (χ4n) is 4.54. The van der Waals surface area contributed by atoms with Gasteiger partial charge in [-0.05, 0) is 71.4 Å². The van der Waals surface area contributed by atoms with Crippen LogP contribution in [0.5, 0.6) is 0 Å². The summed E-state index contributed by atoms with van der Waals surface area (Å²) in [6.07, 6.45) is 11.6. The molecule has 16 nitrogen and oxygen atoms in total. The van der Waals surface area contributed by atoms with Crippen molar-refractivity contribution in [2.75, 3.05) is 37.7 Å². The van der Waals surface area contributed by atoms with Gasteiger partial charge in [-0.2, -0.15) is 0 Å². The lowest BCUT2D eigenvalue weighted by Gasteiger charge is -2.56. The topological polar surface area (TPSA) is 363 Å². The third kappa shape index (κ3) is 24.4. The van der Waals surface area contributed by atoms with Gasteiger partial charge in [0.2, 0.25) is 7.60 Å². The summed E-state index contributed by atoms with van der Waals surface area (Å²) in [4.78, 5) is 54.7. The first-order valence-corrected chi connectivity index (χ1v) is 20.4. The molecule has 0 aromatic carbocycles. The largest absolute Gasteiger partial charge is 0.809 e. The van der Waals surface area contributed by atoms with Gasteiger partial charge in [-0.25, -0.2) is 0 Å². The lowest BCUT2D eigenvalue weighted by atomic mass is 9.66. The number of halogens is 2. The number of nitrogens with one attached hydrogen (secondary N) is 1. The van der Waals surface area contributed by atoms with E-state index in [0.29, 0.717) is 19.4 Å². The number of rotatable bonds is 19. The Kier molecular flexibility index (Phi) is 38.3. The van der Waals surface area contributed by atoms with E-state index in [0.717, 1.165) is 25.7 Å². The molecule has 0 saturated heterocycles. The molecule has 0 aromatic rings. The summed E-state index contributed by atoms with van der Waals surface area (Å²) in [5, 5.41) is 1.95. The average Bonchev–Trinajstić information content (AvgIpc) is 2.91. The quantitative estimate of drug-likeness (QED) is 0.0493. The van der Waals surface area contributed by atoms with Gasteiger partial charge in [0.25, 0.3) is 5.65 Å². The van der Waals surface area contributed by atoms with E-state index in [4.69, 9.17) is 23.2 Å². The standard InChI is InChI=1S/C18H38NO3P.C4H9Cl2O3P.C3H8NO4P.4H3N/c1-4-7-10-17(11-8-5-2)12-14-18(15-13-17,23(20,21)22)19-16-9-6-3;5-1-3-9-10(7,8)4-2-6;1-2-8-9(6,7)3(4)5;;;;/h19H,4-16H2,1-3H3,(H2,20,21,22);1-4H2,(H,7,8);2H2,1H3,(H2,4,5)(H,6,7);4*1H3. The van der Waals surface area contributed by atoms with Crippen LogP contribution in [0.3, 0.4) is 0 Å². The fraction of sp³-hybridized carbons (Fsp3) is 0.960. The van der Waals surface area contributed by atoms with Gasteiger partial charge >= 0.3 is 0 Å². The van der Waals surface area contributed by atoms with Gasteiger partial charge < -0.3 is 73.4 Å². The fourth-order valence-corrected chi connectivity index (χ4v) is 7.60. The molecule has 1 aliphatic carbocycles. The number of nitrogens with two attached hydrogens (primary N) is 1. The Balaban J connectivity index is -0.000000147. The number of quaternary nitrogens is 4. The molecule has 19 N–H and O–H groups in total. The molecule has 0 aromatic heterocycles. The van der Waals surface area contributed by atoms with Gasteiger partial charge in [-0.1, -0.05) is 52.9 Å². The van der Waals surface area contributed by atoms with E-state index in [1.165, 1.54) is 45.4 Å². The molecule has 0 aliphatic heterocycles. The maximum Gasteiger partial charge on any atom is 0.288 e. The normalized spacial score (nSPS) is 17.2. The Bertz CT molecular complexity index is 875. The first-order valence-electron chi connectivity index (χ1n) is 14.6. The molecule has 21 heteroatoms. The molecule has 1 amide bonds. The van der Waals surface area contributed by atoms with Crippen molar-refractivity contribution < 1.29 is 47.1 Å². The van der Waals surface area contributed by atoms with Crippen molar-refractivity contribution >= 4 is 51.6 Å². The first kappa shape index (κ1) is 58.5. The highest BCUT2D eigenvalue weighted by Crippen LogP contribution is 2.56. The zero-order chi connectivity index (χ0) is 32.9. The van der Waals surface area contributed by atoms with Crippen molar-refractivity contribution in [2.24, 2.45) is 11.1 Å². The summed E-state index contributed by atoms with van der Waals surface area (Å²) in [5.41, 5.74) is 3.25. The zero-order valence-electron chi connectivity index (χ0n) is 29.5. The highest BCUT2D eigenvalue weighted by atomic mass is 35.5. The number of primary amides is 1. The van der Waals surface area contributed by atoms with Gasteiger partial charge in [0.1, 0.15) is 7.60 Å². The Morgan fingerprint density at radius 1 is 0.783 bits per heavy atom. The van der Waals surface area contributed by atoms with Crippen LogP contribution in [0.15, 0.2) is 0 Å². The van der Waals surface area contributed by atoms with Gasteiger partial charge in [-0.3, -0.25) is 9.36 Å². The second-order valence-corrected chi connectivity index (χ2v) is 16.5. The first-order chi connectivity index (χ1) is 19.5. The summed E-state index contributed by atoms with van der Waals surface area (Å²) in [7, 11) is -12.7. The molecular formula is C25H67Cl2N6O10P3. The minimum Gasteiger partial charge on any atom is -0.809 e. The molecule has 2 unspecified atom stereocenters. The summed E-state index contributed by atoms with van der Waals surface area (Å²) < 4.78 is 41.3.